The van der Waals surface area contributed by atoms with Crippen molar-refractivity contribution in [3.05, 3.63) is 29.8 Å². The Labute approximate surface area is 106 Å². The molecule has 1 aliphatic carbocycles. The number of aliphatic hydroxyl groups is 1. The van der Waals surface area contributed by atoms with Gasteiger partial charge in [0.2, 0.25) is 0 Å². The average Bonchev–Trinajstić information content (AvgIpc) is 3.04. The van der Waals surface area contributed by atoms with Crippen molar-refractivity contribution in [1.82, 2.24) is 0 Å². The Bertz CT molecular complexity index is 405. The van der Waals surface area contributed by atoms with Crippen LogP contribution in [0, 0.1) is 0 Å². The van der Waals surface area contributed by atoms with E-state index in [0.717, 1.165) is 10.8 Å². The minimum absolute atomic E-state index is 0.186. The van der Waals surface area contributed by atoms with Crippen molar-refractivity contribution in [3.63, 3.8) is 0 Å². The summed E-state index contributed by atoms with van der Waals surface area (Å²) in [6.07, 6.45) is 3.04. The van der Waals surface area contributed by atoms with E-state index in [1.807, 2.05) is 23.9 Å². The molecular weight excluding hydrogens is 232 g/mol. The quantitative estimate of drug-likeness (QED) is 0.873. The van der Waals surface area contributed by atoms with Crippen LogP contribution >= 0.6 is 11.8 Å². The highest BCUT2D eigenvalue weighted by Gasteiger charge is 2.26. The van der Waals surface area contributed by atoms with Gasteiger partial charge in [0.25, 0.3) is 0 Å². The number of thioether (sulfide) groups is 1. The van der Waals surface area contributed by atoms with Gasteiger partial charge in [0.1, 0.15) is 5.60 Å². The lowest BCUT2D eigenvalue weighted by molar-refractivity contribution is -0.133. The molecule has 1 unspecified atom stereocenters. The summed E-state index contributed by atoms with van der Waals surface area (Å²) in [5.74, 6) is -0.186. The second kappa shape index (κ2) is 4.83. The summed E-state index contributed by atoms with van der Waals surface area (Å²) < 4.78 is 0. The molecule has 0 aromatic heterocycles. The van der Waals surface area contributed by atoms with E-state index in [-0.39, 0.29) is 5.78 Å². The SMILES string of the molecule is CC(=O)C(C)(O)Cc1ccc(SC2CC2)cc1. The van der Waals surface area contributed by atoms with Crippen molar-refractivity contribution in [2.45, 2.75) is 48.9 Å². The fraction of sp³-hybridized carbons (Fsp3) is 0.500. The van der Waals surface area contributed by atoms with E-state index in [1.165, 1.54) is 24.7 Å². The van der Waals surface area contributed by atoms with E-state index in [0.29, 0.717) is 6.42 Å². The maximum absolute atomic E-state index is 11.2. The molecule has 2 nitrogen and oxygen atoms in total. The zero-order valence-corrected chi connectivity index (χ0v) is 11.1. The van der Waals surface area contributed by atoms with Crippen molar-refractivity contribution in [2.75, 3.05) is 0 Å². The van der Waals surface area contributed by atoms with E-state index < -0.39 is 5.60 Å². The third-order valence-corrected chi connectivity index (χ3v) is 4.41. The summed E-state index contributed by atoms with van der Waals surface area (Å²) in [7, 11) is 0. The number of hydrogen-bond donors (Lipinski definition) is 1. The van der Waals surface area contributed by atoms with E-state index in [9.17, 15) is 9.90 Å². The first-order valence-corrected chi connectivity index (χ1v) is 6.84. The van der Waals surface area contributed by atoms with Gasteiger partial charge in [0.15, 0.2) is 5.78 Å². The van der Waals surface area contributed by atoms with Gasteiger partial charge < -0.3 is 5.11 Å². The number of carbonyl (C=O) groups excluding carboxylic acids is 1. The maximum atomic E-state index is 11.2. The zero-order chi connectivity index (χ0) is 12.5. The van der Waals surface area contributed by atoms with Gasteiger partial charge in [0, 0.05) is 16.6 Å². The van der Waals surface area contributed by atoms with Crippen LogP contribution < -0.4 is 0 Å². The van der Waals surface area contributed by atoms with Gasteiger partial charge in [-0.3, -0.25) is 4.79 Å². The Hall–Kier alpha value is -0.800. The Balaban J connectivity index is 1.99. The van der Waals surface area contributed by atoms with Crippen LogP contribution in [-0.2, 0) is 11.2 Å². The van der Waals surface area contributed by atoms with E-state index >= 15 is 0 Å². The minimum atomic E-state index is -1.24. The molecule has 3 heteroatoms. The Kier molecular flexibility index (Phi) is 3.59. The molecule has 92 valence electrons. The lowest BCUT2D eigenvalue weighted by Crippen LogP contribution is -2.35. The molecule has 17 heavy (non-hydrogen) atoms. The van der Waals surface area contributed by atoms with E-state index in [2.05, 4.69) is 12.1 Å². The first-order chi connectivity index (χ1) is 7.97. The van der Waals surface area contributed by atoms with Crippen LogP contribution in [0.1, 0.15) is 32.3 Å². The minimum Gasteiger partial charge on any atom is -0.382 e. The summed E-state index contributed by atoms with van der Waals surface area (Å²) in [4.78, 5) is 12.5. The highest BCUT2D eigenvalue weighted by atomic mass is 32.2. The molecule has 0 saturated heterocycles. The molecule has 1 fully saturated rings. The van der Waals surface area contributed by atoms with E-state index in [4.69, 9.17) is 0 Å². The van der Waals surface area contributed by atoms with Crippen molar-refractivity contribution in [2.24, 2.45) is 0 Å². The Morgan fingerprint density at radius 2 is 2.00 bits per heavy atom. The molecule has 1 aromatic carbocycles. The Morgan fingerprint density at radius 3 is 2.47 bits per heavy atom. The topological polar surface area (TPSA) is 37.3 Å². The Morgan fingerprint density at radius 1 is 1.41 bits per heavy atom. The van der Waals surface area contributed by atoms with Gasteiger partial charge in [-0.25, -0.2) is 0 Å². The average molecular weight is 250 g/mol. The number of carbonyl (C=O) groups is 1. The first-order valence-electron chi connectivity index (χ1n) is 5.96. The van der Waals surface area contributed by atoms with Crippen LogP contribution in [0.3, 0.4) is 0 Å². The smallest absolute Gasteiger partial charge is 0.161 e. The summed E-state index contributed by atoms with van der Waals surface area (Å²) in [5.41, 5.74) is -0.240. The fourth-order valence-corrected chi connectivity index (χ4v) is 2.64. The van der Waals surface area contributed by atoms with Crippen LogP contribution in [0.2, 0.25) is 0 Å². The van der Waals surface area contributed by atoms with E-state index in [1.54, 1.807) is 6.92 Å². The predicted octanol–water partition coefficient (Wildman–Crippen LogP) is 2.82. The van der Waals surface area contributed by atoms with Crippen LogP contribution in [0.4, 0.5) is 0 Å². The van der Waals surface area contributed by atoms with Crippen LogP contribution in [0.25, 0.3) is 0 Å². The first kappa shape index (κ1) is 12.7. The second-order valence-electron chi connectivity index (χ2n) is 4.97. The fourth-order valence-electron chi connectivity index (χ4n) is 1.59. The molecule has 0 radical (unpaired) electrons. The molecular formula is C14H18O2S. The third-order valence-electron chi connectivity index (χ3n) is 3.06. The molecule has 1 aromatic rings. The lowest BCUT2D eigenvalue weighted by Gasteiger charge is -2.19. The monoisotopic (exact) mass is 250 g/mol. The van der Waals surface area contributed by atoms with Crippen molar-refractivity contribution in [3.8, 4) is 0 Å². The molecule has 1 saturated carbocycles. The summed E-state index contributed by atoms with van der Waals surface area (Å²) >= 11 is 1.91. The van der Waals surface area contributed by atoms with Crippen molar-refractivity contribution < 1.29 is 9.90 Å². The molecule has 1 aliphatic rings. The lowest BCUT2D eigenvalue weighted by atomic mass is 9.93. The van der Waals surface area contributed by atoms with Gasteiger partial charge in [-0.1, -0.05) is 12.1 Å². The molecule has 0 spiro atoms. The number of benzene rings is 1. The molecule has 2 rings (SSSR count). The maximum Gasteiger partial charge on any atom is 0.161 e. The largest absolute Gasteiger partial charge is 0.382 e. The van der Waals surface area contributed by atoms with Crippen LogP contribution in [0.5, 0.6) is 0 Å². The second-order valence-corrected chi connectivity index (χ2v) is 6.34. The molecule has 0 amide bonds. The highest BCUT2D eigenvalue weighted by Crippen LogP contribution is 2.39. The molecule has 0 aliphatic heterocycles. The molecule has 0 heterocycles. The number of Topliss-reactive ketones (excluding diaryl/α,β-unsaturated/α-hetero) is 1. The van der Waals surface area contributed by atoms with Gasteiger partial charge in [0.05, 0.1) is 0 Å². The van der Waals surface area contributed by atoms with Gasteiger partial charge in [-0.2, -0.15) is 0 Å². The van der Waals surface area contributed by atoms with Crippen LogP contribution in [0.15, 0.2) is 29.2 Å². The van der Waals surface area contributed by atoms with Crippen molar-refractivity contribution >= 4 is 17.5 Å². The molecule has 1 N–H and O–H groups in total. The van der Waals surface area contributed by atoms with Crippen molar-refractivity contribution in [1.29, 1.82) is 0 Å². The van der Waals surface area contributed by atoms with Gasteiger partial charge >= 0.3 is 0 Å². The normalized spacial score (nSPS) is 18.8. The third kappa shape index (κ3) is 3.58. The standard InChI is InChI=1S/C14H18O2S/c1-10(15)14(2,16)9-11-3-5-12(6-4-11)17-13-7-8-13/h3-6,13,16H,7-9H2,1-2H3. The summed E-state index contributed by atoms with van der Waals surface area (Å²) in [5, 5.41) is 10.7. The number of hydrogen-bond acceptors (Lipinski definition) is 3. The molecule has 1 atom stereocenters. The zero-order valence-electron chi connectivity index (χ0n) is 10.3. The predicted molar refractivity (Wildman–Crippen MR) is 70.3 cm³/mol. The summed E-state index contributed by atoms with van der Waals surface area (Å²) in [6.45, 7) is 3.00. The van der Waals surface area contributed by atoms with Crippen LogP contribution in [-0.4, -0.2) is 21.7 Å². The number of rotatable bonds is 5. The summed E-state index contributed by atoms with van der Waals surface area (Å²) in [6, 6.07) is 8.16. The number of ketones is 1. The molecule has 0 bridgehead atoms. The highest BCUT2D eigenvalue weighted by molar-refractivity contribution is 8.00. The van der Waals surface area contributed by atoms with Gasteiger partial charge in [-0.15, -0.1) is 11.8 Å². The van der Waals surface area contributed by atoms with Gasteiger partial charge in [-0.05, 0) is 44.4 Å².